The smallest absolute Gasteiger partial charge is 0.327 e. The first-order valence-corrected chi connectivity index (χ1v) is 26.8. The van der Waals surface area contributed by atoms with Crippen LogP contribution in [0, 0.1) is 22.5 Å². The summed E-state index contributed by atoms with van der Waals surface area (Å²) in [6, 6.07) is 30.0. The third-order valence-electron chi connectivity index (χ3n) is 16.5. The molecule has 4 saturated heterocycles. The number of anilines is 2. The Morgan fingerprint density at radius 2 is 1.09 bits per heavy atom. The van der Waals surface area contributed by atoms with Gasteiger partial charge >= 0.3 is 5.69 Å². The molecule has 0 radical (unpaired) electrons. The van der Waals surface area contributed by atoms with E-state index in [0.717, 1.165) is 101 Å². The summed E-state index contributed by atoms with van der Waals surface area (Å²) in [4.78, 5) is 44.3. The number of benzene rings is 5. The second kappa shape index (κ2) is 20.0. The standard InChI is InChI=1S/C61H64F2N10O5/c1-58(2,75)47-11-7-5-9-43(47)45-28-41(62)14-17-51(45)77-53-30-64-37-66-55(53)71-25-21-60(35-71)19-23-69(33-60)32-40-13-16-49-50(27-40)73(57(74)68-49)39-70-24-20-61(34-70)22-26-72(36-61)56-54(31-65-38-67-56)78-52-18-15-42(63)29-46(52)44-10-6-8-12-48(44)59(3,4)76/h5-18,27-31,37-38,75-76H,19-26,32-36,39H2,1-4H3,(H,68,74). The SMILES string of the molecule is CC(C)(O)c1ccccc1-c1cc(F)ccc1Oc1cncnc1N1CCC2(CCN(Cc3ccc4[nH]c(=O)n(CN5CCC6(CCN(c7ncncc7Oc7ccc(F)cc7-c7ccccc7C(C)(C)O)C6)C5)c4c3)C2)C1. The van der Waals surface area contributed by atoms with Crippen LogP contribution in [-0.2, 0) is 24.4 Å². The molecule has 0 bridgehead atoms. The number of ether oxygens (including phenoxy) is 2. The maximum Gasteiger partial charge on any atom is 0.327 e. The summed E-state index contributed by atoms with van der Waals surface area (Å²) in [6.45, 7) is 14.7. The average Bonchev–Trinajstić information content (AvgIpc) is 4.40. The normalized spacial score (nSPS) is 20.1. The van der Waals surface area contributed by atoms with Gasteiger partial charge in [0.25, 0.3) is 0 Å². The number of aromatic amines is 1. The van der Waals surface area contributed by atoms with E-state index in [9.17, 15) is 23.8 Å². The Bertz CT molecular complexity index is 3610. The van der Waals surface area contributed by atoms with E-state index < -0.39 is 22.8 Å². The molecule has 402 valence electrons. The molecule has 0 amide bonds. The maximum atomic E-state index is 14.9. The van der Waals surface area contributed by atoms with Crippen molar-refractivity contribution in [3.63, 3.8) is 0 Å². The van der Waals surface area contributed by atoms with Crippen molar-refractivity contribution >= 4 is 22.7 Å². The lowest BCUT2D eigenvalue weighted by Gasteiger charge is -2.26. The predicted octanol–water partition coefficient (Wildman–Crippen LogP) is 10.2. The Hall–Kier alpha value is -7.57. The van der Waals surface area contributed by atoms with Gasteiger partial charge in [-0.1, -0.05) is 54.6 Å². The number of imidazole rings is 1. The molecule has 8 aromatic rings. The van der Waals surface area contributed by atoms with Crippen molar-refractivity contribution in [2.45, 2.75) is 77.8 Å². The van der Waals surface area contributed by atoms with Crippen molar-refractivity contribution < 1.29 is 28.5 Å². The van der Waals surface area contributed by atoms with Gasteiger partial charge < -0.3 is 34.5 Å². The van der Waals surface area contributed by atoms with E-state index in [-0.39, 0.29) is 16.5 Å². The molecule has 12 rings (SSSR count). The van der Waals surface area contributed by atoms with Gasteiger partial charge in [-0.3, -0.25) is 14.4 Å². The first kappa shape index (κ1) is 51.2. The molecule has 3 N–H and O–H groups in total. The molecule has 5 aromatic carbocycles. The zero-order valence-electron chi connectivity index (χ0n) is 44.4. The fraction of sp³-hybridized carbons (Fsp3) is 0.361. The Balaban J connectivity index is 0.698. The molecule has 4 aliphatic rings. The van der Waals surface area contributed by atoms with Crippen LogP contribution in [0.3, 0.4) is 0 Å². The van der Waals surface area contributed by atoms with Crippen LogP contribution in [0.15, 0.2) is 133 Å². The van der Waals surface area contributed by atoms with Crippen molar-refractivity contribution in [2.24, 2.45) is 10.8 Å². The molecule has 78 heavy (non-hydrogen) atoms. The van der Waals surface area contributed by atoms with Gasteiger partial charge in [0, 0.05) is 74.3 Å². The summed E-state index contributed by atoms with van der Waals surface area (Å²) in [5.41, 5.74) is 4.12. The van der Waals surface area contributed by atoms with Crippen molar-refractivity contribution in [1.82, 2.24) is 39.3 Å². The Morgan fingerprint density at radius 1 is 0.590 bits per heavy atom. The van der Waals surface area contributed by atoms with Crippen molar-refractivity contribution in [1.29, 1.82) is 0 Å². The number of aromatic nitrogens is 6. The Morgan fingerprint density at radius 3 is 1.63 bits per heavy atom. The van der Waals surface area contributed by atoms with E-state index in [0.29, 0.717) is 74.7 Å². The van der Waals surface area contributed by atoms with Crippen molar-refractivity contribution in [2.75, 3.05) is 62.2 Å². The highest BCUT2D eigenvalue weighted by Gasteiger charge is 2.46. The summed E-state index contributed by atoms with van der Waals surface area (Å²) in [6.07, 6.45) is 10.3. The van der Waals surface area contributed by atoms with Gasteiger partial charge in [0.2, 0.25) is 0 Å². The lowest BCUT2D eigenvalue weighted by molar-refractivity contribution is 0.0786. The quantitative estimate of drug-likeness (QED) is 0.0945. The molecule has 2 unspecified atom stereocenters. The van der Waals surface area contributed by atoms with Crippen LogP contribution in [0.1, 0.15) is 70.1 Å². The number of aliphatic hydroxyl groups is 2. The van der Waals surface area contributed by atoms with Crippen molar-refractivity contribution in [3.05, 3.63) is 167 Å². The highest BCUT2D eigenvalue weighted by Crippen LogP contribution is 2.47. The van der Waals surface area contributed by atoms with Crippen LogP contribution in [0.25, 0.3) is 33.3 Å². The molecule has 0 aliphatic carbocycles. The van der Waals surface area contributed by atoms with Gasteiger partial charge in [-0.25, -0.2) is 33.5 Å². The molecule has 2 spiro atoms. The van der Waals surface area contributed by atoms with E-state index in [2.05, 4.69) is 46.7 Å². The topological polar surface area (TPSA) is 161 Å². The largest absolute Gasteiger partial charge is 0.451 e. The van der Waals surface area contributed by atoms with Crippen molar-refractivity contribution in [3.8, 4) is 45.3 Å². The monoisotopic (exact) mass is 1050 g/mol. The van der Waals surface area contributed by atoms with Gasteiger partial charge in [-0.05, 0) is 136 Å². The lowest BCUT2D eigenvalue weighted by atomic mass is 9.86. The molecule has 7 heterocycles. The molecule has 4 fully saturated rings. The zero-order chi connectivity index (χ0) is 54.0. The number of hydrogen-bond acceptors (Lipinski definition) is 13. The molecule has 2 atom stereocenters. The van der Waals surface area contributed by atoms with E-state index >= 15 is 0 Å². The van der Waals surface area contributed by atoms with Crippen LogP contribution < -0.4 is 25.0 Å². The number of nitrogens with one attached hydrogen (secondary N) is 1. The third kappa shape index (κ3) is 10.1. The molecule has 0 saturated carbocycles. The second-order valence-electron chi connectivity index (χ2n) is 23.1. The van der Waals surface area contributed by atoms with E-state index in [1.807, 2.05) is 59.2 Å². The van der Waals surface area contributed by atoms with Gasteiger partial charge in [0.15, 0.2) is 23.1 Å². The molecule has 17 heteroatoms. The molecular formula is C61H64F2N10O5. The number of halogens is 2. The molecule has 4 aliphatic heterocycles. The van der Waals surface area contributed by atoms with E-state index in [1.165, 1.54) is 36.9 Å². The highest BCUT2D eigenvalue weighted by molar-refractivity contribution is 5.77. The number of rotatable bonds is 14. The maximum absolute atomic E-state index is 14.9. The zero-order valence-corrected chi connectivity index (χ0v) is 44.4. The Kier molecular flexibility index (Phi) is 13.1. The summed E-state index contributed by atoms with van der Waals surface area (Å²) in [5.74, 6) is 2.32. The second-order valence-corrected chi connectivity index (χ2v) is 23.1. The third-order valence-corrected chi connectivity index (χ3v) is 16.5. The summed E-state index contributed by atoms with van der Waals surface area (Å²) in [5, 5.41) is 22.0. The number of likely N-dealkylation sites (tertiary alicyclic amines) is 2. The van der Waals surface area contributed by atoms with Crippen LogP contribution in [0.4, 0.5) is 20.4 Å². The number of H-pyrrole nitrogens is 1. The van der Waals surface area contributed by atoms with E-state index in [1.54, 1.807) is 52.2 Å². The van der Waals surface area contributed by atoms with Crippen LogP contribution in [-0.4, -0.2) is 102 Å². The Labute approximate surface area is 451 Å². The van der Waals surface area contributed by atoms with Gasteiger partial charge in [0.1, 0.15) is 35.8 Å². The summed E-state index contributed by atoms with van der Waals surface area (Å²) < 4.78 is 44.7. The van der Waals surface area contributed by atoms with E-state index in [4.69, 9.17) is 19.4 Å². The minimum Gasteiger partial charge on any atom is -0.451 e. The summed E-state index contributed by atoms with van der Waals surface area (Å²) >= 11 is 0. The minimum absolute atomic E-state index is 0.0171. The highest BCUT2D eigenvalue weighted by atomic mass is 19.1. The predicted molar refractivity (Wildman–Crippen MR) is 296 cm³/mol. The van der Waals surface area contributed by atoms with Gasteiger partial charge in [-0.15, -0.1) is 0 Å². The first-order chi connectivity index (χ1) is 37.5. The fourth-order valence-electron chi connectivity index (χ4n) is 12.7. The van der Waals surface area contributed by atoms with Crippen LogP contribution in [0.2, 0.25) is 0 Å². The molecule has 15 nitrogen and oxygen atoms in total. The minimum atomic E-state index is -1.17. The molecule has 3 aromatic heterocycles. The van der Waals surface area contributed by atoms with Crippen LogP contribution in [0.5, 0.6) is 23.0 Å². The fourth-order valence-corrected chi connectivity index (χ4v) is 12.7. The summed E-state index contributed by atoms with van der Waals surface area (Å²) in [7, 11) is 0. The number of nitrogens with zero attached hydrogens (tertiary/aromatic N) is 9. The van der Waals surface area contributed by atoms with Crippen LogP contribution >= 0.6 is 0 Å². The van der Waals surface area contributed by atoms with Gasteiger partial charge in [0.05, 0.1) is 41.3 Å². The molecular weight excluding hydrogens is 991 g/mol. The average molecular weight is 1060 g/mol. The number of hydrogen-bond donors (Lipinski definition) is 3. The number of fused-ring (bicyclic) bond motifs is 1. The van der Waals surface area contributed by atoms with Gasteiger partial charge in [-0.2, -0.15) is 0 Å². The lowest BCUT2D eigenvalue weighted by Crippen LogP contribution is -2.34. The first-order valence-electron chi connectivity index (χ1n) is 26.8.